The molecule has 2 saturated heterocycles. The SMILES string of the molecule is COCC1CCN(c2ccc(CC3CNCCCO3)cc2-c2ccc(C#N)c(F)c2)CC1. The summed E-state index contributed by atoms with van der Waals surface area (Å²) in [6, 6.07) is 13.3. The zero-order chi connectivity index (χ0) is 22.3. The molecule has 1 atom stereocenters. The minimum Gasteiger partial charge on any atom is -0.384 e. The Kier molecular flexibility index (Phi) is 7.75. The molecule has 0 bridgehead atoms. The maximum absolute atomic E-state index is 14.5. The van der Waals surface area contributed by atoms with Crippen LogP contribution in [0.15, 0.2) is 36.4 Å². The van der Waals surface area contributed by atoms with Gasteiger partial charge in [0.05, 0.1) is 11.7 Å². The third-order valence-electron chi connectivity index (χ3n) is 6.51. The Morgan fingerprint density at radius 3 is 2.81 bits per heavy atom. The molecule has 1 unspecified atom stereocenters. The van der Waals surface area contributed by atoms with Crippen molar-refractivity contribution in [1.82, 2.24) is 5.32 Å². The average Bonchev–Trinajstić information content (AvgIpc) is 3.08. The minimum absolute atomic E-state index is 0.0739. The molecule has 0 amide bonds. The van der Waals surface area contributed by atoms with Crippen molar-refractivity contribution >= 4 is 5.69 Å². The molecule has 2 aromatic carbocycles. The molecule has 0 spiro atoms. The second-order valence-corrected chi connectivity index (χ2v) is 8.80. The van der Waals surface area contributed by atoms with Gasteiger partial charge >= 0.3 is 0 Å². The number of halogens is 1. The zero-order valence-electron chi connectivity index (χ0n) is 18.8. The summed E-state index contributed by atoms with van der Waals surface area (Å²) in [7, 11) is 1.76. The maximum atomic E-state index is 14.5. The molecule has 6 heteroatoms. The predicted molar refractivity (Wildman–Crippen MR) is 124 cm³/mol. The van der Waals surface area contributed by atoms with Gasteiger partial charge in [0.2, 0.25) is 0 Å². The van der Waals surface area contributed by atoms with Crippen LogP contribution in [0.3, 0.4) is 0 Å². The minimum atomic E-state index is -0.476. The number of nitriles is 1. The van der Waals surface area contributed by atoms with Gasteiger partial charge in [-0.1, -0.05) is 12.1 Å². The molecule has 2 aromatic rings. The number of anilines is 1. The number of rotatable bonds is 6. The van der Waals surface area contributed by atoms with Gasteiger partial charge < -0.3 is 19.7 Å². The molecule has 5 nitrogen and oxygen atoms in total. The van der Waals surface area contributed by atoms with Crippen molar-refractivity contribution in [2.75, 3.05) is 51.4 Å². The van der Waals surface area contributed by atoms with E-state index in [0.717, 1.165) is 81.9 Å². The Morgan fingerprint density at radius 1 is 1.22 bits per heavy atom. The molecule has 2 fully saturated rings. The summed E-state index contributed by atoms with van der Waals surface area (Å²) in [5.74, 6) is 0.114. The number of nitrogens with one attached hydrogen (secondary N) is 1. The Bertz CT molecular complexity index is 943. The van der Waals surface area contributed by atoms with Crippen LogP contribution in [0.1, 0.15) is 30.4 Å². The molecule has 2 aliphatic rings. The predicted octanol–water partition coefficient (Wildman–Crippen LogP) is 4.15. The lowest BCUT2D eigenvalue weighted by Crippen LogP contribution is -2.35. The van der Waals surface area contributed by atoms with Gasteiger partial charge in [0.25, 0.3) is 0 Å². The Balaban J connectivity index is 1.63. The molecule has 2 heterocycles. The van der Waals surface area contributed by atoms with Crippen LogP contribution in [0.25, 0.3) is 11.1 Å². The highest BCUT2D eigenvalue weighted by Gasteiger charge is 2.23. The second-order valence-electron chi connectivity index (χ2n) is 8.80. The molecule has 4 rings (SSSR count). The molecule has 1 N–H and O–H groups in total. The number of ether oxygens (including phenoxy) is 2. The maximum Gasteiger partial charge on any atom is 0.141 e. The van der Waals surface area contributed by atoms with Crippen molar-refractivity contribution in [3.63, 3.8) is 0 Å². The Labute approximate surface area is 190 Å². The van der Waals surface area contributed by atoms with E-state index in [9.17, 15) is 4.39 Å². The highest BCUT2D eigenvalue weighted by Crippen LogP contribution is 2.35. The molecular formula is C26H32FN3O2. The zero-order valence-corrected chi connectivity index (χ0v) is 18.8. The summed E-state index contributed by atoms with van der Waals surface area (Å²) in [5, 5.41) is 12.6. The summed E-state index contributed by atoms with van der Waals surface area (Å²) < 4.78 is 25.8. The lowest BCUT2D eigenvalue weighted by Gasteiger charge is -2.35. The van der Waals surface area contributed by atoms with E-state index < -0.39 is 5.82 Å². The summed E-state index contributed by atoms with van der Waals surface area (Å²) in [4.78, 5) is 2.39. The first-order chi connectivity index (χ1) is 15.7. The second kappa shape index (κ2) is 10.9. The van der Waals surface area contributed by atoms with Crippen molar-refractivity contribution in [2.24, 2.45) is 5.92 Å². The number of benzene rings is 2. The van der Waals surface area contributed by atoms with E-state index in [-0.39, 0.29) is 11.7 Å². The molecule has 0 aliphatic carbocycles. The molecular weight excluding hydrogens is 405 g/mol. The summed E-state index contributed by atoms with van der Waals surface area (Å²) >= 11 is 0. The van der Waals surface area contributed by atoms with Crippen molar-refractivity contribution in [2.45, 2.75) is 31.8 Å². The van der Waals surface area contributed by atoms with Crippen LogP contribution in [-0.4, -0.2) is 52.6 Å². The first-order valence-corrected chi connectivity index (χ1v) is 11.6. The van der Waals surface area contributed by atoms with Gasteiger partial charge in [-0.3, -0.25) is 0 Å². The van der Waals surface area contributed by atoms with Gasteiger partial charge in [0.1, 0.15) is 11.9 Å². The molecule has 2 aliphatic heterocycles. The fourth-order valence-electron chi connectivity index (χ4n) is 4.73. The smallest absolute Gasteiger partial charge is 0.141 e. The van der Waals surface area contributed by atoms with Crippen LogP contribution in [-0.2, 0) is 15.9 Å². The Morgan fingerprint density at radius 2 is 2.06 bits per heavy atom. The van der Waals surface area contributed by atoms with Crippen LogP contribution in [0.2, 0.25) is 0 Å². The normalized spacial score (nSPS) is 20.0. The fraction of sp³-hybridized carbons (Fsp3) is 0.500. The summed E-state index contributed by atoms with van der Waals surface area (Å²) in [5.41, 5.74) is 4.19. The largest absolute Gasteiger partial charge is 0.384 e. The van der Waals surface area contributed by atoms with Crippen LogP contribution in [0, 0.1) is 23.1 Å². The number of hydrogen-bond donors (Lipinski definition) is 1. The highest BCUT2D eigenvalue weighted by molar-refractivity contribution is 5.80. The molecule has 170 valence electrons. The first kappa shape index (κ1) is 22.7. The van der Waals surface area contributed by atoms with Gasteiger partial charge in [0.15, 0.2) is 0 Å². The van der Waals surface area contributed by atoms with Gasteiger partial charge in [-0.25, -0.2) is 4.39 Å². The lowest BCUT2D eigenvalue weighted by atomic mass is 9.93. The van der Waals surface area contributed by atoms with Crippen LogP contribution in [0.4, 0.5) is 10.1 Å². The summed E-state index contributed by atoms with van der Waals surface area (Å²) in [6.45, 7) is 5.32. The standard InChI is InChI=1S/C26H32FN3O2/c1-31-18-19-7-10-30(11-8-19)26-6-3-20(13-23-17-29-9-2-12-32-23)14-24(26)21-4-5-22(16-28)25(27)15-21/h3-6,14-15,19,23,29H,2,7-13,17-18H2,1H3. The van der Waals surface area contributed by atoms with E-state index in [1.54, 1.807) is 13.2 Å². The van der Waals surface area contributed by atoms with E-state index >= 15 is 0 Å². The van der Waals surface area contributed by atoms with E-state index in [1.807, 2.05) is 12.1 Å². The van der Waals surface area contributed by atoms with Crippen molar-refractivity contribution < 1.29 is 13.9 Å². The van der Waals surface area contributed by atoms with Crippen LogP contribution < -0.4 is 10.2 Å². The third-order valence-corrected chi connectivity index (χ3v) is 6.51. The quantitative estimate of drug-likeness (QED) is 0.736. The highest BCUT2D eigenvalue weighted by atomic mass is 19.1. The van der Waals surface area contributed by atoms with Gasteiger partial charge in [-0.2, -0.15) is 5.26 Å². The van der Waals surface area contributed by atoms with Crippen molar-refractivity contribution in [3.05, 3.63) is 53.3 Å². The van der Waals surface area contributed by atoms with Gasteiger partial charge in [0, 0.05) is 51.2 Å². The number of methoxy groups -OCH3 is 1. The van der Waals surface area contributed by atoms with Crippen molar-refractivity contribution in [1.29, 1.82) is 5.26 Å². The van der Waals surface area contributed by atoms with Gasteiger partial charge in [-0.05, 0) is 73.5 Å². The molecule has 32 heavy (non-hydrogen) atoms. The fourth-order valence-corrected chi connectivity index (χ4v) is 4.73. The average molecular weight is 438 g/mol. The summed E-state index contributed by atoms with van der Waals surface area (Å²) in [6.07, 6.45) is 4.15. The molecule has 0 aromatic heterocycles. The molecule has 0 radical (unpaired) electrons. The number of piperidine rings is 1. The van der Waals surface area contributed by atoms with Crippen LogP contribution in [0.5, 0.6) is 0 Å². The van der Waals surface area contributed by atoms with E-state index in [1.165, 1.54) is 11.6 Å². The Hall–Kier alpha value is -2.46. The molecule has 0 saturated carbocycles. The van der Waals surface area contributed by atoms with E-state index in [4.69, 9.17) is 14.7 Å². The number of hydrogen-bond acceptors (Lipinski definition) is 5. The van der Waals surface area contributed by atoms with E-state index in [2.05, 4.69) is 28.4 Å². The topological polar surface area (TPSA) is 57.5 Å². The lowest BCUT2D eigenvalue weighted by molar-refractivity contribution is 0.0675. The van der Waals surface area contributed by atoms with E-state index in [0.29, 0.717) is 5.92 Å². The monoisotopic (exact) mass is 437 g/mol. The van der Waals surface area contributed by atoms with Crippen molar-refractivity contribution in [3.8, 4) is 17.2 Å². The number of nitrogens with zero attached hydrogens (tertiary/aromatic N) is 2. The van der Waals surface area contributed by atoms with Crippen LogP contribution >= 0.6 is 0 Å². The first-order valence-electron chi connectivity index (χ1n) is 11.6. The van der Waals surface area contributed by atoms with Gasteiger partial charge in [-0.15, -0.1) is 0 Å². The third kappa shape index (κ3) is 5.47.